The first-order valence-corrected chi connectivity index (χ1v) is 9.71. The molecule has 0 aliphatic rings. The van der Waals surface area contributed by atoms with E-state index in [1.807, 2.05) is 35.0 Å². The molecule has 0 fully saturated rings. The number of nitrogens with zero attached hydrogens (tertiary/aromatic N) is 2. The lowest BCUT2D eigenvalue weighted by Gasteiger charge is -2.04. The zero-order valence-corrected chi connectivity index (χ0v) is 15.8. The van der Waals surface area contributed by atoms with E-state index >= 15 is 0 Å². The first-order chi connectivity index (χ1) is 12.7. The number of thiophene rings is 1. The van der Waals surface area contributed by atoms with E-state index in [2.05, 4.69) is 36.4 Å². The predicted molar refractivity (Wildman–Crippen MR) is 112 cm³/mol. The third-order valence-electron chi connectivity index (χ3n) is 4.38. The van der Waals surface area contributed by atoms with Gasteiger partial charge in [0.1, 0.15) is 5.69 Å². The Bertz CT molecular complexity index is 1260. The molecule has 2 aromatic heterocycles. The molecule has 0 unspecified atom stereocenters. The van der Waals surface area contributed by atoms with Gasteiger partial charge in [-0.3, -0.25) is 0 Å². The van der Waals surface area contributed by atoms with Gasteiger partial charge in [-0.05, 0) is 36.4 Å². The Morgan fingerprint density at radius 3 is 2.42 bits per heavy atom. The largest absolute Gasteiger partial charge is 0.231 e. The van der Waals surface area contributed by atoms with Crippen molar-refractivity contribution >= 4 is 54.8 Å². The van der Waals surface area contributed by atoms with E-state index in [-0.39, 0.29) is 0 Å². The molecule has 126 valence electrons. The Morgan fingerprint density at radius 1 is 0.846 bits per heavy atom. The summed E-state index contributed by atoms with van der Waals surface area (Å²) in [5.41, 5.74) is 3.91. The van der Waals surface area contributed by atoms with Gasteiger partial charge in [-0.25, -0.2) is 4.68 Å². The van der Waals surface area contributed by atoms with E-state index in [1.54, 1.807) is 17.4 Å². The van der Waals surface area contributed by atoms with Crippen molar-refractivity contribution in [2.75, 3.05) is 0 Å². The summed E-state index contributed by atoms with van der Waals surface area (Å²) in [6.45, 7) is 0. The molecule has 0 amide bonds. The molecule has 2 heterocycles. The Hall–Kier alpha value is -2.33. The zero-order chi connectivity index (χ0) is 17.7. The fourth-order valence-corrected chi connectivity index (χ4v) is 4.89. The lowest BCUT2D eigenvalue weighted by molar-refractivity contribution is 0.918. The minimum Gasteiger partial charge on any atom is -0.231 e. The molecular formula is C21H12Cl2N2S. The topological polar surface area (TPSA) is 17.8 Å². The van der Waals surface area contributed by atoms with Crippen molar-refractivity contribution in [2.45, 2.75) is 0 Å². The van der Waals surface area contributed by atoms with Crippen LogP contribution in [0.4, 0.5) is 0 Å². The Balaban J connectivity index is 1.90. The average molecular weight is 395 g/mol. The van der Waals surface area contributed by atoms with Crippen molar-refractivity contribution < 1.29 is 0 Å². The van der Waals surface area contributed by atoms with Gasteiger partial charge in [0, 0.05) is 20.7 Å². The molecule has 0 atom stereocenters. The first-order valence-electron chi connectivity index (χ1n) is 8.13. The molecule has 5 aromatic rings. The van der Waals surface area contributed by atoms with E-state index in [9.17, 15) is 0 Å². The second kappa shape index (κ2) is 6.13. The second-order valence-corrected chi connectivity index (χ2v) is 7.89. The minimum atomic E-state index is 0.606. The zero-order valence-electron chi connectivity index (χ0n) is 13.5. The van der Waals surface area contributed by atoms with Crippen molar-refractivity contribution in [1.82, 2.24) is 9.78 Å². The number of benzene rings is 3. The van der Waals surface area contributed by atoms with Crippen molar-refractivity contribution in [3.05, 3.63) is 82.8 Å². The molecule has 0 saturated carbocycles. The van der Waals surface area contributed by atoms with Crippen molar-refractivity contribution in [3.63, 3.8) is 0 Å². The lowest BCUT2D eigenvalue weighted by atomic mass is 10.1. The predicted octanol–water partition coefficient (Wildman–Crippen LogP) is 7.21. The van der Waals surface area contributed by atoms with E-state index < -0.39 is 0 Å². The minimum absolute atomic E-state index is 0.606. The standard InChI is InChI=1S/C21H12Cl2N2S/c22-13-10-11-15(17(23)12-13)19-21-20(16-8-4-5-9-18(16)26-21)25(24-19)14-6-2-1-3-7-14/h1-12H. The van der Waals surface area contributed by atoms with E-state index in [0.717, 1.165) is 27.2 Å². The van der Waals surface area contributed by atoms with E-state index in [0.29, 0.717) is 10.0 Å². The summed E-state index contributed by atoms with van der Waals surface area (Å²) < 4.78 is 4.37. The number of para-hydroxylation sites is 1. The fraction of sp³-hybridized carbons (Fsp3) is 0. The monoisotopic (exact) mass is 394 g/mol. The SMILES string of the molecule is Clc1ccc(-c2nn(-c3ccccc3)c3c2sc2ccccc23)c(Cl)c1. The molecule has 5 rings (SSSR count). The molecule has 0 spiro atoms. The van der Waals surface area contributed by atoms with Crippen LogP contribution < -0.4 is 0 Å². The van der Waals surface area contributed by atoms with E-state index in [1.165, 1.54) is 10.1 Å². The quantitative estimate of drug-likeness (QED) is 0.309. The van der Waals surface area contributed by atoms with Crippen LogP contribution in [0, 0.1) is 0 Å². The number of halogens is 2. The molecule has 3 aromatic carbocycles. The Labute approximate surface area is 164 Å². The Morgan fingerprint density at radius 2 is 1.62 bits per heavy atom. The Kier molecular flexibility index (Phi) is 3.75. The van der Waals surface area contributed by atoms with E-state index in [4.69, 9.17) is 28.3 Å². The van der Waals surface area contributed by atoms with Crippen LogP contribution in [0.1, 0.15) is 0 Å². The van der Waals surface area contributed by atoms with Crippen LogP contribution in [0.25, 0.3) is 37.2 Å². The summed E-state index contributed by atoms with van der Waals surface area (Å²) in [5.74, 6) is 0. The van der Waals surface area contributed by atoms with Gasteiger partial charge in [-0.1, -0.05) is 59.6 Å². The summed E-state index contributed by atoms with van der Waals surface area (Å²) in [6.07, 6.45) is 0. The van der Waals surface area contributed by atoms with Crippen molar-refractivity contribution in [2.24, 2.45) is 0 Å². The molecule has 0 radical (unpaired) electrons. The highest BCUT2D eigenvalue weighted by atomic mass is 35.5. The number of rotatable bonds is 2. The van der Waals surface area contributed by atoms with Gasteiger partial charge in [0.15, 0.2) is 0 Å². The van der Waals surface area contributed by atoms with Crippen LogP contribution in [0.5, 0.6) is 0 Å². The molecule has 5 heteroatoms. The van der Waals surface area contributed by atoms with Crippen LogP contribution in [0.3, 0.4) is 0 Å². The van der Waals surface area contributed by atoms with Gasteiger partial charge in [0.25, 0.3) is 0 Å². The molecule has 0 bridgehead atoms. The first kappa shape index (κ1) is 15.9. The summed E-state index contributed by atoms with van der Waals surface area (Å²) >= 11 is 14.3. The van der Waals surface area contributed by atoms with Gasteiger partial charge in [0.2, 0.25) is 0 Å². The highest BCUT2D eigenvalue weighted by Crippen LogP contribution is 2.42. The number of fused-ring (bicyclic) bond motifs is 3. The molecule has 0 N–H and O–H groups in total. The number of hydrogen-bond donors (Lipinski definition) is 0. The molecule has 0 aliphatic carbocycles. The lowest BCUT2D eigenvalue weighted by Crippen LogP contribution is -1.96. The van der Waals surface area contributed by atoms with Crippen LogP contribution in [-0.4, -0.2) is 9.78 Å². The van der Waals surface area contributed by atoms with Gasteiger partial charge in [-0.15, -0.1) is 11.3 Å². The summed E-state index contributed by atoms with van der Waals surface area (Å²) in [6, 6.07) is 24.1. The highest BCUT2D eigenvalue weighted by Gasteiger charge is 2.20. The maximum absolute atomic E-state index is 6.49. The average Bonchev–Trinajstić information content (AvgIpc) is 3.20. The maximum atomic E-state index is 6.49. The van der Waals surface area contributed by atoms with Gasteiger partial charge < -0.3 is 0 Å². The summed E-state index contributed by atoms with van der Waals surface area (Å²) in [7, 11) is 0. The second-order valence-electron chi connectivity index (χ2n) is 6.00. The van der Waals surface area contributed by atoms with Gasteiger partial charge >= 0.3 is 0 Å². The number of aromatic nitrogens is 2. The normalized spacial score (nSPS) is 11.5. The molecule has 0 aliphatic heterocycles. The highest BCUT2D eigenvalue weighted by molar-refractivity contribution is 7.26. The van der Waals surface area contributed by atoms with Crippen LogP contribution in [-0.2, 0) is 0 Å². The maximum Gasteiger partial charge on any atom is 0.112 e. The summed E-state index contributed by atoms with van der Waals surface area (Å²) in [4.78, 5) is 0. The van der Waals surface area contributed by atoms with Crippen LogP contribution >= 0.6 is 34.5 Å². The van der Waals surface area contributed by atoms with Crippen molar-refractivity contribution in [1.29, 1.82) is 0 Å². The van der Waals surface area contributed by atoms with Crippen LogP contribution in [0.2, 0.25) is 10.0 Å². The molecule has 26 heavy (non-hydrogen) atoms. The molecule has 2 nitrogen and oxygen atoms in total. The smallest absolute Gasteiger partial charge is 0.112 e. The fourth-order valence-electron chi connectivity index (χ4n) is 3.21. The van der Waals surface area contributed by atoms with Gasteiger partial charge in [-0.2, -0.15) is 5.10 Å². The third-order valence-corrected chi connectivity index (χ3v) is 6.10. The molecular weight excluding hydrogens is 383 g/mol. The third kappa shape index (κ3) is 2.43. The molecule has 0 saturated heterocycles. The van der Waals surface area contributed by atoms with Gasteiger partial charge in [0.05, 0.1) is 20.9 Å². The van der Waals surface area contributed by atoms with Crippen molar-refractivity contribution in [3.8, 4) is 16.9 Å². The van der Waals surface area contributed by atoms with Crippen LogP contribution in [0.15, 0.2) is 72.8 Å². The summed E-state index contributed by atoms with van der Waals surface area (Å²) in [5, 5.41) is 7.35. The number of hydrogen-bond acceptors (Lipinski definition) is 2.